The molecule has 0 radical (unpaired) electrons. The first-order chi connectivity index (χ1) is 16.2. The number of hydrogen-bond donors (Lipinski definition) is 1. The monoisotopic (exact) mass is 446 g/mol. The predicted octanol–water partition coefficient (Wildman–Crippen LogP) is 3.17. The highest BCUT2D eigenvalue weighted by Crippen LogP contribution is 2.33. The number of rotatable bonds is 5. The molecule has 0 aromatic heterocycles. The van der Waals surface area contributed by atoms with Gasteiger partial charge in [0.25, 0.3) is 5.91 Å². The van der Waals surface area contributed by atoms with E-state index in [0.29, 0.717) is 58.7 Å². The van der Waals surface area contributed by atoms with Crippen LogP contribution in [0.25, 0.3) is 0 Å². The van der Waals surface area contributed by atoms with Gasteiger partial charge >= 0.3 is 5.97 Å². The Kier molecular flexibility index (Phi) is 5.50. The van der Waals surface area contributed by atoms with Crippen molar-refractivity contribution >= 4 is 18.1 Å². The number of ether oxygens (including phenoxy) is 5. The summed E-state index contributed by atoms with van der Waals surface area (Å²) in [6.07, 6.45) is 1.49. The van der Waals surface area contributed by atoms with Crippen molar-refractivity contribution < 1.29 is 33.3 Å². The lowest BCUT2D eigenvalue weighted by Crippen LogP contribution is -2.19. The van der Waals surface area contributed by atoms with Gasteiger partial charge in [-0.25, -0.2) is 10.2 Å². The van der Waals surface area contributed by atoms with Gasteiger partial charge in [-0.05, 0) is 66.2 Å². The van der Waals surface area contributed by atoms with Crippen LogP contribution in [0.1, 0.15) is 26.3 Å². The third-order valence-corrected chi connectivity index (χ3v) is 4.88. The van der Waals surface area contributed by atoms with Crippen LogP contribution in [0.2, 0.25) is 0 Å². The van der Waals surface area contributed by atoms with E-state index in [2.05, 4.69) is 10.5 Å². The molecule has 3 aromatic rings. The van der Waals surface area contributed by atoms with Crippen molar-refractivity contribution in [3.05, 3.63) is 77.4 Å². The van der Waals surface area contributed by atoms with Gasteiger partial charge in [0.15, 0.2) is 23.0 Å². The van der Waals surface area contributed by atoms with Gasteiger partial charge < -0.3 is 23.7 Å². The number of nitrogens with one attached hydrogen (secondary N) is 1. The summed E-state index contributed by atoms with van der Waals surface area (Å²) >= 11 is 0. The highest BCUT2D eigenvalue weighted by atomic mass is 16.7. The Bertz CT molecular complexity index is 1240. The van der Waals surface area contributed by atoms with Crippen molar-refractivity contribution in [1.29, 1.82) is 0 Å². The molecule has 1 amide bonds. The van der Waals surface area contributed by atoms with Crippen molar-refractivity contribution in [2.75, 3.05) is 20.0 Å². The fraction of sp³-hybridized carbons (Fsp3) is 0.125. The normalized spacial score (nSPS) is 13.6. The van der Waals surface area contributed by atoms with E-state index in [4.69, 9.17) is 23.7 Å². The largest absolute Gasteiger partial charge is 0.486 e. The Labute approximate surface area is 188 Å². The number of fused-ring (bicyclic) bond motifs is 2. The summed E-state index contributed by atoms with van der Waals surface area (Å²) in [5, 5.41) is 3.97. The molecule has 9 heteroatoms. The van der Waals surface area contributed by atoms with E-state index >= 15 is 0 Å². The first kappa shape index (κ1) is 20.4. The first-order valence-electron chi connectivity index (χ1n) is 10.1. The number of carbonyl (C=O) groups excluding carboxylic acids is 2. The van der Waals surface area contributed by atoms with E-state index in [9.17, 15) is 9.59 Å². The number of esters is 1. The SMILES string of the molecule is O=C(NN=Cc1ccc(OC(=O)c2ccc3c(c2)OCO3)cc1)c1ccc2c(c1)OCCO2. The van der Waals surface area contributed by atoms with Crippen LogP contribution in [0.15, 0.2) is 65.8 Å². The van der Waals surface area contributed by atoms with E-state index in [1.165, 1.54) is 6.21 Å². The van der Waals surface area contributed by atoms with E-state index in [1.54, 1.807) is 60.7 Å². The number of carbonyl (C=O) groups is 2. The highest BCUT2D eigenvalue weighted by Gasteiger charge is 2.17. The van der Waals surface area contributed by atoms with Crippen LogP contribution in [0, 0.1) is 0 Å². The summed E-state index contributed by atoms with van der Waals surface area (Å²) in [6.45, 7) is 1.06. The minimum absolute atomic E-state index is 0.133. The Morgan fingerprint density at radius 2 is 1.42 bits per heavy atom. The molecule has 0 saturated carbocycles. The van der Waals surface area contributed by atoms with Crippen LogP contribution in [0.3, 0.4) is 0 Å². The topological polar surface area (TPSA) is 105 Å². The van der Waals surface area contributed by atoms with Crippen molar-refractivity contribution in [1.82, 2.24) is 5.43 Å². The number of hydrazone groups is 1. The van der Waals surface area contributed by atoms with Crippen molar-refractivity contribution in [2.45, 2.75) is 0 Å². The predicted molar refractivity (Wildman–Crippen MR) is 116 cm³/mol. The average molecular weight is 446 g/mol. The van der Waals surface area contributed by atoms with E-state index < -0.39 is 5.97 Å². The molecule has 2 aliphatic heterocycles. The Morgan fingerprint density at radius 3 is 2.24 bits per heavy atom. The molecule has 0 spiro atoms. The minimum Gasteiger partial charge on any atom is -0.486 e. The van der Waals surface area contributed by atoms with Gasteiger partial charge in [0.05, 0.1) is 11.8 Å². The fourth-order valence-electron chi connectivity index (χ4n) is 3.23. The Hall–Kier alpha value is -4.53. The fourth-order valence-corrected chi connectivity index (χ4v) is 3.23. The van der Waals surface area contributed by atoms with Gasteiger partial charge in [0, 0.05) is 5.56 Å². The van der Waals surface area contributed by atoms with Crippen LogP contribution < -0.4 is 29.1 Å². The third kappa shape index (κ3) is 4.57. The molecule has 0 saturated heterocycles. The second kappa shape index (κ2) is 8.91. The van der Waals surface area contributed by atoms with Gasteiger partial charge in [-0.2, -0.15) is 5.10 Å². The Balaban J connectivity index is 1.17. The lowest BCUT2D eigenvalue weighted by atomic mass is 10.2. The molecule has 2 aliphatic rings. The van der Waals surface area contributed by atoms with E-state index in [0.717, 1.165) is 0 Å². The molecular formula is C24H18N2O7. The Morgan fingerprint density at radius 1 is 0.788 bits per heavy atom. The van der Waals surface area contributed by atoms with Gasteiger partial charge in [-0.1, -0.05) is 0 Å². The zero-order chi connectivity index (χ0) is 22.6. The van der Waals surface area contributed by atoms with Crippen molar-refractivity contribution in [2.24, 2.45) is 5.10 Å². The summed E-state index contributed by atoms with van der Waals surface area (Å²) in [5.41, 5.74) is 3.94. The van der Waals surface area contributed by atoms with Gasteiger partial charge in [-0.15, -0.1) is 0 Å². The second-order valence-electron chi connectivity index (χ2n) is 7.08. The van der Waals surface area contributed by atoms with Crippen LogP contribution >= 0.6 is 0 Å². The van der Waals surface area contributed by atoms with Crippen LogP contribution in [-0.4, -0.2) is 38.1 Å². The minimum atomic E-state index is -0.513. The van der Waals surface area contributed by atoms with E-state index in [-0.39, 0.29) is 12.7 Å². The lowest BCUT2D eigenvalue weighted by molar-refractivity contribution is 0.0734. The van der Waals surface area contributed by atoms with Crippen LogP contribution in [-0.2, 0) is 0 Å². The smallest absolute Gasteiger partial charge is 0.343 e. The number of hydrogen-bond acceptors (Lipinski definition) is 8. The molecule has 166 valence electrons. The third-order valence-electron chi connectivity index (χ3n) is 4.88. The average Bonchev–Trinajstić information content (AvgIpc) is 3.33. The zero-order valence-corrected chi connectivity index (χ0v) is 17.3. The standard InChI is InChI=1S/C24H18N2O7/c27-23(16-3-7-19-21(11-16)30-10-9-29-19)26-25-13-15-1-5-18(6-2-15)33-24(28)17-4-8-20-22(12-17)32-14-31-20/h1-8,11-13H,9-10,14H2,(H,26,27). The summed E-state index contributed by atoms with van der Waals surface area (Å²) in [7, 11) is 0. The molecule has 3 aromatic carbocycles. The second-order valence-corrected chi connectivity index (χ2v) is 7.08. The summed E-state index contributed by atoms with van der Waals surface area (Å²) in [6, 6.07) is 16.5. The maximum Gasteiger partial charge on any atom is 0.343 e. The van der Waals surface area contributed by atoms with Crippen LogP contribution in [0.4, 0.5) is 0 Å². The number of nitrogens with zero attached hydrogens (tertiary/aromatic N) is 1. The molecule has 5 rings (SSSR count). The molecule has 0 bridgehead atoms. The summed E-state index contributed by atoms with van der Waals surface area (Å²) < 4.78 is 26.8. The van der Waals surface area contributed by atoms with Gasteiger partial charge in [0.2, 0.25) is 6.79 Å². The van der Waals surface area contributed by atoms with Gasteiger partial charge in [0.1, 0.15) is 19.0 Å². The molecule has 1 N–H and O–H groups in total. The molecule has 0 aliphatic carbocycles. The molecule has 0 fully saturated rings. The van der Waals surface area contributed by atoms with Crippen molar-refractivity contribution in [3.8, 4) is 28.7 Å². The molecule has 0 atom stereocenters. The summed E-state index contributed by atoms with van der Waals surface area (Å²) in [4.78, 5) is 24.7. The lowest BCUT2D eigenvalue weighted by Gasteiger charge is -2.18. The maximum atomic E-state index is 12.4. The summed E-state index contributed by atoms with van der Waals surface area (Å²) in [5.74, 6) is 1.73. The maximum absolute atomic E-state index is 12.4. The molecular weight excluding hydrogens is 428 g/mol. The van der Waals surface area contributed by atoms with E-state index in [1.807, 2.05) is 0 Å². The number of amides is 1. The first-order valence-corrected chi connectivity index (χ1v) is 10.1. The van der Waals surface area contributed by atoms with Crippen molar-refractivity contribution in [3.63, 3.8) is 0 Å². The quantitative estimate of drug-likeness (QED) is 0.278. The molecule has 0 unspecified atom stereocenters. The molecule has 9 nitrogen and oxygen atoms in total. The zero-order valence-electron chi connectivity index (χ0n) is 17.3. The molecule has 33 heavy (non-hydrogen) atoms. The van der Waals surface area contributed by atoms with Crippen LogP contribution in [0.5, 0.6) is 28.7 Å². The molecule has 2 heterocycles. The number of benzene rings is 3. The van der Waals surface area contributed by atoms with Gasteiger partial charge in [-0.3, -0.25) is 4.79 Å². The highest BCUT2D eigenvalue weighted by molar-refractivity contribution is 5.95.